The Bertz CT molecular complexity index is 63.0. The molecule has 25 valence electrons. The third kappa shape index (κ3) is 1.42. The zero-order valence-corrected chi connectivity index (χ0v) is 7.73. The zero-order valence-electron chi connectivity index (χ0n) is 2.63. The molecule has 0 saturated heterocycles. The summed E-state index contributed by atoms with van der Waals surface area (Å²) in [6, 6.07) is 0. The van der Waals surface area contributed by atoms with Gasteiger partial charge < -0.3 is 0 Å². The first kappa shape index (κ1) is 4.41. The van der Waals surface area contributed by atoms with Crippen molar-refractivity contribution in [2.24, 2.45) is 0 Å². The predicted octanol–water partition coefficient (Wildman–Crippen LogP) is -0.361. The molecule has 1 aliphatic heterocycles. The first-order valence-electron chi connectivity index (χ1n) is 1.37. The van der Waals surface area contributed by atoms with Crippen LogP contribution < -0.4 is 0 Å². The van der Waals surface area contributed by atoms with Gasteiger partial charge in [0, 0.05) is 0 Å². The minimum atomic E-state index is 0.228. The van der Waals surface area contributed by atoms with E-state index >= 15 is 0 Å². The normalized spacial score (nSPS) is 17.6. The molecule has 1 rings (SSSR count). The van der Waals surface area contributed by atoms with Crippen LogP contribution in [0.1, 0.15) is 0 Å². The van der Waals surface area contributed by atoms with Gasteiger partial charge >= 0.3 is 52.7 Å². The van der Waals surface area contributed by atoms with Crippen LogP contribution in [0.3, 0.4) is 0 Å². The molecule has 0 aliphatic carbocycles. The summed E-state index contributed by atoms with van der Waals surface area (Å²) in [5.74, 6) is 0. The second kappa shape index (κ2) is 2.42. The molecule has 0 saturated carbocycles. The Morgan fingerprint density at radius 3 is 2.40 bits per heavy atom. The first-order valence-corrected chi connectivity index (χ1v) is 7.26. The Labute approximate surface area is 52.2 Å². The molecule has 0 spiro atoms. The van der Waals surface area contributed by atoms with Crippen molar-refractivity contribution >= 4 is 44.7 Å². The second-order valence-electron chi connectivity index (χ2n) is 0.712. The molecule has 1 aliphatic rings. The number of hydrogen-bond acceptors (Lipinski definition) is 0. The van der Waals surface area contributed by atoms with Crippen molar-refractivity contribution in [3.05, 3.63) is 8.05 Å². The number of rotatable bonds is 0. The first-order chi connectivity index (χ1) is 2.50. The standard InChI is InChI=1S/C2H2.CH.2Sb/c1-2;;;/h1-2H;1H;;. The quantitative estimate of drug-likeness (QED) is 0.532. The molecule has 0 fully saturated rings. The van der Waals surface area contributed by atoms with Crippen molar-refractivity contribution in [3.8, 4) is 0 Å². The molecule has 0 aromatic heterocycles. The fourth-order valence-corrected chi connectivity index (χ4v) is 8.66. The van der Waals surface area contributed by atoms with Crippen LogP contribution in [-0.4, -0.2) is 44.7 Å². The molecule has 0 nitrogen and oxygen atoms in total. The maximum absolute atomic E-state index is 2.55. The van der Waals surface area contributed by atoms with Gasteiger partial charge in [0.05, 0.1) is 0 Å². The fraction of sp³-hybridized carbons (Fsp3) is 0. The average molecular weight is 283 g/mol. The van der Waals surface area contributed by atoms with E-state index < -0.39 is 0 Å². The van der Waals surface area contributed by atoms with Gasteiger partial charge in [0.25, 0.3) is 0 Å². The molecule has 0 aromatic rings. The van der Waals surface area contributed by atoms with Crippen LogP contribution in [0.25, 0.3) is 0 Å². The van der Waals surface area contributed by atoms with Gasteiger partial charge in [-0.2, -0.15) is 0 Å². The van der Waals surface area contributed by atoms with Crippen LogP contribution in [0.15, 0.2) is 8.05 Å². The molecule has 0 amide bonds. The summed E-state index contributed by atoms with van der Waals surface area (Å²) in [5, 5.41) is 0. The molecule has 0 bridgehead atoms. The molecule has 0 aromatic carbocycles. The summed E-state index contributed by atoms with van der Waals surface area (Å²) in [7, 11) is 0. The molecule has 0 N–H and O–H groups in total. The van der Waals surface area contributed by atoms with Crippen LogP contribution in [0.2, 0.25) is 0 Å². The minimum absolute atomic E-state index is 0.228. The maximum atomic E-state index is 2.55. The Morgan fingerprint density at radius 1 is 1.20 bits per heavy atom. The van der Waals surface area contributed by atoms with Crippen molar-refractivity contribution in [3.63, 3.8) is 0 Å². The predicted molar refractivity (Wildman–Crippen MR) is 26.7 cm³/mol. The molecule has 1 heterocycles. The Hall–Kier alpha value is 1.25. The van der Waals surface area contributed by atoms with Gasteiger partial charge in [-0.15, -0.1) is 0 Å². The van der Waals surface area contributed by atoms with Gasteiger partial charge in [-0.1, -0.05) is 0 Å². The number of hydrogen-bond donors (Lipinski definition) is 0. The van der Waals surface area contributed by atoms with Crippen LogP contribution in [-0.2, 0) is 0 Å². The zero-order chi connectivity index (χ0) is 3.54. The average Bonchev–Trinajstić information content (AvgIpc) is 1.76. The van der Waals surface area contributed by atoms with E-state index in [1.165, 1.54) is 0 Å². The molecule has 0 unspecified atom stereocenters. The van der Waals surface area contributed by atoms with Crippen LogP contribution in [0.4, 0.5) is 0 Å². The molecule has 0 atom stereocenters. The van der Waals surface area contributed by atoms with Crippen molar-refractivity contribution in [1.29, 1.82) is 0 Å². The molecular formula is C3H3Sb2. The summed E-state index contributed by atoms with van der Waals surface area (Å²) < 4.78 is 7.34. The Morgan fingerprint density at radius 2 is 2.20 bits per heavy atom. The van der Waals surface area contributed by atoms with Gasteiger partial charge in [0.1, 0.15) is 0 Å². The summed E-state index contributed by atoms with van der Waals surface area (Å²) in [6.07, 6.45) is 0. The van der Waals surface area contributed by atoms with Crippen molar-refractivity contribution < 1.29 is 0 Å². The van der Waals surface area contributed by atoms with Gasteiger partial charge in [0.2, 0.25) is 0 Å². The summed E-state index contributed by atoms with van der Waals surface area (Å²) in [5.41, 5.74) is 0. The van der Waals surface area contributed by atoms with E-state index in [-0.39, 0.29) is 42.8 Å². The van der Waals surface area contributed by atoms with Crippen molar-refractivity contribution in [1.82, 2.24) is 0 Å². The van der Waals surface area contributed by atoms with Crippen LogP contribution in [0.5, 0.6) is 0 Å². The summed E-state index contributed by atoms with van der Waals surface area (Å²) in [4.78, 5) is 0. The van der Waals surface area contributed by atoms with E-state index in [1.54, 1.807) is 0 Å². The van der Waals surface area contributed by atoms with E-state index in [4.69, 9.17) is 0 Å². The van der Waals surface area contributed by atoms with Crippen LogP contribution in [0, 0.1) is 0 Å². The van der Waals surface area contributed by atoms with E-state index in [0.29, 0.717) is 0 Å². The summed E-state index contributed by atoms with van der Waals surface area (Å²) in [6.45, 7) is 0. The van der Waals surface area contributed by atoms with Crippen molar-refractivity contribution in [2.45, 2.75) is 0 Å². The fourth-order valence-electron chi connectivity index (χ4n) is 0.192. The van der Waals surface area contributed by atoms with Gasteiger partial charge in [-0.05, 0) is 0 Å². The summed E-state index contributed by atoms with van der Waals surface area (Å²) >= 11 is 0.456. The monoisotopic (exact) mass is 281 g/mol. The second-order valence-corrected chi connectivity index (χ2v) is 9.20. The third-order valence-corrected chi connectivity index (χ3v) is 10.2. The molecule has 2 heteroatoms. The van der Waals surface area contributed by atoms with Crippen molar-refractivity contribution in [2.75, 3.05) is 0 Å². The van der Waals surface area contributed by atoms with Crippen LogP contribution >= 0.6 is 0 Å². The van der Waals surface area contributed by atoms with Gasteiger partial charge in [0.15, 0.2) is 0 Å². The van der Waals surface area contributed by atoms with Gasteiger partial charge in [-0.3, -0.25) is 0 Å². The topological polar surface area (TPSA) is 0 Å². The van der Waals surface area contributed by atoms with E-state index in [2.05, 4.69) is 9.94 Å². The van der Waals surface area contributed by atoms with E-state index in [9.17, 15) is 0 Å². The van der Waals surface area contributed by atoms with E-state index in [1.807, 2.05) is 0 Å². The Kier molecular flexibility index (Phi) is 2.14. The molecular weight excluding hydrogens is 280 g/mol. The SMILES string of the molecule is [CH]1=[CH][Sb]=[CH][Sb]1. The molecule has 5 heavy (non-hydrogen) atoms. The third-order valence-electron chi connectivity index (χ3n) is 0.372. The van der Waals surface area contributed by atoms with Gasteiger partial charge in [-0.25, -0.2) is 0 Å². The molecule has 1 radical (unpaired) electrons. The Balaban J connectivity index is 2.61. The van der Waals surface area contributed by atoms with E-state index in [0.717, 1.165) is 0 Å².